The van der Waals surface area contributed by atoms with Gasteiger partial charge in [0.2, 0.25) is 10.0 Å². The number of sulfonamides is 1. The highest BCUT2D eigenvalue weighted by Crippen LogP contribution is 2.32. The highest BCUT2D eigenvalue weighted by atomic mass is 79.9. The quantitative estimate of drug-likeness (QED) is 0.806. The van der Waals surface area contributed by atoms with E-state index < -0.39 is 10.0 Å². The Labute approximate surface area is 136 Å². The van der Waals surface area contributed by atoms with Crippen LogP contribution in [0, 0.1) is 0 Å². The summed E-state index contributed by atoms with van der Waals surface area (Å²) < 4.78 is 32.9. The number of hydrogen-bond acceptors (Lipinski definition) is 4. The van der Waals surface area contributed by atoms with Gasteiger partial charge < -0.3 is 10.1 Å². The zero-order valence-electron chi connectivity index (χ0n) is 10.3. The van der Waals surface area contributed by atoms with Crippen molar-refractivity contribution in [2.24, 2.45) is 0 Å². The van der Waals surface area contributed by atoms with E-state index in [0.29, 0.717) is 24.2 Å². The summed E-state index contributed by atoms with van der Waals surface area (Å²) in [6, 6.07) is 2.92. The molecule has 0 saturated carbocycles. The Hall–Kier alpha value is 0.110. The molecular formula is C11H13BrCl2N2O3S. The van der Waals surface area contributed by atoms with E-state index in [1.54, 1.807) is 0 Å². The van der Waals surface area contributed by atoms with E-state index in [-0.39, 0.29) is 27.5 Å². The largest absolute Gasteiger partial charge is 0.378 e. The van der Waals surface area contributed by atoms with Gasteiger partial charge in [-0.25, -0.2) is 13.1 Å². The third-order valence-electron chi connectivity index (χ3n) is 2.75. The van der Waals surface area contributed by atoms with E-state index in [0.717, 1.165) is 0 Å². The van der Waals surface area contributed by atoms with Crippen molar-refractivity contribution >= 4 is 49.2 Å². The normalized spacial score (nSPS) is 20.1. The molecule has 1 aromatic carbocycles. The maximum absolute atomic E-state index is 12.3. The van der Waals surface area contributed by atoms with Crippen LogP contribution in [0.2, 0.25) is 10.0 Å². The van der Waals surface area contributed by atoms with E-state index in [2.05, 4.69) is 26.0 Å². The van der Waals surface area contributed by atoms with Crippen LogP contribution in [0.25, 0.3) is 0 Å². The minimum atomic E-state index is -3.77. The van der Waals surface area contributed by atoms with Crippen molar-refractivity contribution in [3.63, 3.8) is 0 Å². The first-order valence-corrected chi connectivity index (χ1v) is 8.88. The molecule has 1 aliphatic rings. The summed E-state index contributed by atoms with van der Waals surface area (Å²) >= 11 is 15.1. The molecule has 0 radical (unpaired) electrons. The number of ether oxygens (including phenoxy) is 1. The molecule has 1 heterocycles. The van der Waals surface area contributed by atoms with Gasteiger partial charge in [-0.1, -0.05) is 39.1 Å². The Bertz CT molecular complexity index is 568. The lowest BCUT2D eigenvalue weighted by molar-refractivity contribution is 0.0784. The second kappa shape index (κ2) is 6.91. The Morgan fingerprint density at radius 1 is 1.40 bits per heavy atom. The molecule has 1 atom stereocenters. The minimum absolute atomic E-state index is 0.0634. The Kier molecular flexibility index (Phi) is 5.70. The molecule has 0 aromatic heterocycles. The first-order chi connectivity index (χ1) is 9.40. The van der Waals surface area contributed by atoms with Crippen molar-refractivity contribution in [3.05, 3.63) is 26.7 Å². The molecule has 0 amide bonds. The van der Waals surface area contributed by atoms with Crippen LogP contribution in [0.1, 0.15) is 0 Å². The predicted molar refractivity (Wildman–Crippen MR) is 82.0 cm³/mol. The van der Waals surface area contributed by atoms with Crippen molar-refractivity contribution < 1.29 is 13.2 Å². The molecule has 0 bridgehead atoms. The molecule has 20 heavy (non-hydrogen) atoms. The average molecular weight is 404 g/mol. The lowest BCUT2D eigenvalue weighted by Crippen LogP contribution is -2.48. The summed E-state index contributed by atoms with van der Waals surface area (Å²) in [5.74, 6) is 0. The molecule has 0 spiro atoms. The van der Waals surface area contributed by atoms with E-state index in [1.165, 1.54) is 12.1 Å². The van der Waals surface area contributed by atoms with Crippen molar-refractivity contribution in [2.45, 2.75) is 10.9 Å². The molecule has 1 fully saturated rings. The summed E-state index contributed by atoms with van der Waals surface area (Å²) in [4.78, 5) is -0.110. The van der Waals surface area contributed by atoms with Gasteiger partial charge in [-0.15, -0.1) is 0 Å². The van der Waals surface area contributed by atoms with E-state index in [1.807, 2.05) is 0 Å². The first kappa shape index (κ1) is 16.5. The maximum Gasteiger partial charge on any atom is 0.243 e. The smallest absolute Gasteiger partial charge is 0.243 e. The predicted octanol–water partition coefficient (Wildman–Crippen LogP) is 2.02. The number of halogens is 3. The SMILES string of the molecule is O=S(=O)(NCC1COCCN1)c1c(Cl)cc(Br)cc1Cl. The zero-order chi connectivity index (χ0) is 14.8. The minimum Gasteiger partial charge on any atom is -0.378 e. The maximum atomic E-state index is 12.3. The molecule has 1 unspecified atom stereocenters. The molecule has 9 heteroatoms. The van der Waals surface area contributed by atoms with Gasteiger partial charge in [0, 0.05) is 23.6 Å². The van der Waals surface area contributed by atoms with Crippen molar-refractivity contribution in [1.29, 1.82) is 0 Å². The Balaban J connectivity index is 2.14. The van der Waals surface area contributed by atoms with Gasteiger partial charge in [0.25, 0.3) is 0 Å². The fourth-order valence-corrected chi connectivity index (χ4v) is 4.83. The number of morpholine rings is 1. The second-order valence-electron chi connectivity index (χ2n) is 4.28. The molecular weight excluding hydrogens is 391 g/mol. The highest BCUT2D eigenvalue weighted by molar-refractivity contribution is 9.10. The third kappa shape index (κ3) is 4.07. The van der Waals surface area contributed by atoms with Crippen LogP contribution in [-0.4, -0.2) is 40.8 Å². The fraction of sp³-hybridized carbons (Fsp3) is 0.455. The molecule has 1 saturated heterocycles. The Morgan fingerprint density at radius 3 is 2.60 bits per heavy atom. The molecule has 2 rings (SSSR count). The number of hydrogen-bond donors (Lipinski definition) is 2. The van der Waals surface area contributed by atoms with Crippen LogP contribution in [-0.2, 0) is 14.8 Å². The van der Waals surface area contributed by atoms with Gasteiger partial charge in [0.15, 0.2) is 0 Å². The van der Waals surface area contributed by atoms with E-state index >= 15 is 0 Å². The zero-order valence-corrected chi connectivity index (χ0v) is 14.2. The molecule has 2 N–H and O–H groups in total. The second-order valence-corrected chi connectivity index (χ2v) is 7.71. The summed E-state index contributed by atoms with van der Waals surface area (Å²) in [5, 5.41) is 3.30. The summed E-state index contributed by atoms with van der Waals surface area (Å²) in [6.07, 6.45) is 0. The molecule has 0 aliphatic carbocycles. The Morgan fingerprint density at radius 2 is 2.05 bits per heavy atom. The molecule has 1 aliphatic heterocycles. The van der Waals surface area contributed by atoms with Gasteiger partial charge in [-0.2, -0.15) is 0 Å². The number of nitrogens with one attached hydrogen (secondary N) is 2. The van der Waals surface area contributed by atoms with Crippen molar-refractivity contribution in [1.82, 2.24) is 10.0 Å². The number of rotatable bonds is 4. The van der Waals surface area contributed by atoms with Gasteiger partial charge in [-0.3, -0.25) is 0 Å². The summed E-state index contributed by atoms with van der Waals surface area (Å²) in [6.45, 7) is 2.01. The van der Waals surface area contributed by atoms with Crippen LogP contribution in [0.5, 0.6) is 0 Å². The van der Waals surface area contributed by atoms with Crippen LogP contribution >= 0.6 is 39.1 Å². The van der Waals surface area contributed by atoms with Gasteiger partial charge in [-0.05, 0) is 12.1 Å². The fourth-order valence-electron chi connectivity index (χ4n) is 1.82. The monoisotopic (exact) mass is 402 g/mol. The van der Waals surface area contributed by atoms with Crippen molar-refractivity contribution in [2.75, 3.05) is 26.3 Å². The van der Waals surface area contributed by atoms with E-state index in [4.69, 9.17) is 27.9 Å². The molecule has 5 nitrogen and oxygen atoms in total. The average Bonchev–Trinajstić information content (AvgIpc) is 2.36. The van der Waals surface area contributed by atoms with E-state index in [9.17, 15) is 8.42 Å². The van der Waals surface area contributed by atoms with Gasteiger partial charge in [0.1, 0.15) is 4.90 Å². The highest BCUT2D eigenvalue weighted by Gasteiger charge is 2.24. The summed E-state index contributed by atoms with van der Waals surface area (Å²) in [5.41, 5.74) is 0. The van der Waals surface area contributed by atoms with Gasteiger partial charge in [0.05, 0.1) is 23.3 Å². The van der Waals surface area contributed by atoms with Crippen LogP contribution in [0.15, 0.2) is 21.5 Å². The third-order valence-corrected chi connectivity index (χ3v) is 5.55. The van der Waals surface area contributed by atoms with Crippen LogP contribution in [0.4, 0.5) is 0 Å². The first-order valence-electron chi connectivity index (χ1n) is 5.85. The van der Waals surface area contributed by atoms with Crippen LogP contribution < -0.4 is 10.0 Å². The standard InChI is InChI=1S/C11H13BrCl2N2O3S/c12-7-3-9(13)11(10(14)4-7)20(17,18)16-5-8-6-19-2-1-15-8/h3-4,8,15-16H,1-2,5-6H2. The lowest BCUT2D eigenvalue weighted by Gasteiger charge is -2.24. The lowest BCUT2D eigenvalue weighted by atomic mass is 10.3. The summed E-state index contributed by atoms with van der Waals surface area (Å²) in [7, 11) is -3.77. The topological polar surface area (TPSA) is 67.4 Å². The molecule has 1 aromatic rings. The van der Waals surface area contributed by atoms with Crippen molar-refractivity contribution in [3.8, 4) is 0 Å². The van der Waals surface area contributed by atoms with Crippen LogP contribution in [0.3, 0.4) is 0 Å². The van der Waals surface area contributed by atoms with Gasteiger partial charge >= 0.3 is 0 Å². The number of benzene rings is 1. The molecule has 112 valence electrons.